The van der Waals surface area contributed by atoms with Crippen molar-refractivity contribution in [1.29, 1.82) is 0 Å². The number of carbonyl (C=O) groups is 1. The van der Waals surface area contributed by atoms with Gasteiger partial charge in [-0.2, -0.15) is 0 Å². The number of benzene rings is 1. The molecule has 0 saturated carbocycles. The summed E-state index contributed by atoms with van der Waals surface area (Å²) in [4.78, 5) is 22.0. The number of fused-ring (bicyclic) bond motifs is 1. The average Bonchev–Trinajstić information content (AvgIpc) is 3.37. The molecular formula is C19H18F3N3O3S2. The maximum absolute atomic E-state index is 13.1. The minimum Gasteiger partial charge on any atom is -0.406 e. The van der Waals surface area contributed by atoms with Crippen LogP contribution in [0, 0.1) is 0 Å². The second kappa shape index (κ2) is 8.88. The molecule has 0 spiro atoms. The van der Waals surface area contributed by atoms with Gasteiger partial charge < -0.3 is 9.47 Å². The lowest BCUT2D eigenvalue weighted by atomic mass is 10.3. The highest BCUT2D eigenvalue weighted by molar-refractivity contribution is 7.22. The van der Waals surface area contributed by atoms with E-state index in [0.717, 1.165) is 13.1 Å². The maximum Gasteiger partial charge on any atom is 0.573 e. The molecule has 1 aliphatic rings. The highest BCUT2D eigenvalue weighted by Crippen LogP contribution is 2.34. The van der Waals surface area contributed by atoms with Crippen LogP contribution < -0.4 is 9.64 Å². The van der Waals surface area contributed by atoms with Crippen molar-refractivity contribution in [1.82, 2.24) is 9.88 Å². The van der Waals surface area contributed by atoms with Crippen molar-refractivity contribution in [2.45, 2.75) is 6.36 Å². The van der Waals surface area contributed by atoms with Crippen molar-refractivity contribution in [2.75, 3.05) is 44.3 Å². The van der Waals surface area contributed by atoms with E-state index < -0.39 is 6.36 Å². The van der Waals surface area contributed by atoms with Gasteiger partial charge in [0.2, 0.25) is 0 Å². The third-order valence-electron chi connectivity index (χ3n) is 4.53. The van der Waals surface area contributed by atoms with Crippen molar-refractivity contribution in [3.63, 3.8) is 0 Å². The number of carbonyl (C=O) groups excluding carboxylic acids is 1. The Hall–Kier alpha value is -2.21. The Morgan fingerprint density at radius 3 is 2.77 bits per heavy atom. The second-order valence-corrected chi connectivity index (χ2v) is 8.52. The van der Waals surface area contributed by atoms with Gasteiger partial charge in [0.1, 0.15) is 5.75 Å². The van der Waals surface area contributed by atoms with E-state index in [9.17, 15) is 18.0 Å². The number of ether oxygens (including phenoxy) is 2. The first-order chi connectivity index (χ1) is 14.4. The fraction of sp³-hybridized carbons (Fsp3) is 0.368. The first-order valence-electron chi connectivity index (χ1n) is 9.21. The van der Waals surface area contributed by atoms with Crippen LogP contribution in [0.1, 0.15) is 9.67 Å². The molecule has 3 aromatic rings. The van der Waals surface area contributed by atoms with Crippen LogP contribution in [0.5, 0.6) is 5.75 Å². The summed E-state index contributed by atoms with van der Waals surface area (Å²) in [6, 6.07) is 7.53. The second-order valence-electron chi connectivity index (χ2n) is 6.56. The molecule has 0 bridgehead atoms. The van der Waals surface area contributed by atoms with Crippen LogP contribution in [0.3, 0.4) is 0 Å². The predicted octanol–water partition coefficient (Wildman–Crippen LogP) is 4.24. The lowest BCUT2D eigenvalue weighted by Gasteiger charge is -2.29. The SMILES string of the molecule is O=C(c1cccs1)N(CCN1CCOCC1)c1nc2ccc(OC(F)(F)F)cc2s1. The Morgan fingerprint density at radius 2 is 2.07 bits per heavy atom. The van der Waals surface area contributed by atoms with E-state index in [2.05, 4.69) is 14.6 Å². The van der Waals surface area contributed by atoms with E-state index in [-0.39, 0.29) is 11.7 Å². The van der Waals surface area contributed by atoms with Crippen molar-refractivity contribution in [3.8, 4) is 5.75 Å². The van der Waals surface area contributed by atoms with E-state index in [4.69, 9.17) is 4.74 Å². The Kier molecular flexibility index (Phi) is 6.23. The van der Waals surface area contributed by atoms with Crippen molar-refractivity contribution >= 4 is 43.9 Å². The highest BCUT2D eigenvalue weighted by atomic mass is 32.1. The average molecular weight is 457 g/mol. The molecule has 0 radical (unpaired) electrons. The lowest BCUT2D eigenvalue weighted by Crippen LogP contribution is -2.43. The molecule has 0 N–H and O–H groups in total. The summed E-state index contributed by atoms with van der Waals surface area (Å²) in [5.41, 5.74) is 0.514. The molecule has 160 valence electrons. The Bertz CT molecular complexity index is 1000. The standard InChI is InChI=1S/C19H18F3N3O3S2/c20-19(21,22)28-13-3-4-14-16(12-13)30-18(23-14)25(17(26)15-2-1-11-29-15)6-5-24-7-9-27-10-8-24/h1-4,11-12H,5-10H2. The summed E-state index contributed by atoms with van der Waals surface area (Å²) < 4.78 is 47.4. The topological polar surface area (TPSA) is 54.9 Å². The molecule has 4 rings (SSSR count). The molecule has 6 nitrogen and oxygen atoms in total. The zero-order valence-corrected chi connectivity index (χ0v) is 17.4. The zero-order chi connectivity index (χ0) is 21.1. The van der Waals surface area contributed by atoms with Gasteiger partial charge in [-0.05, 0) is 23.6 Å². The van der Waals surface area contributed by atoms with Crippen LogP contribution in [-0.4, -0.2) is 61.5 Å². The van der Waals surface area contributed by atoms with E-state index in [1.807, 2.05) is 5.38 Å². The van der Waals surface area contributed by atoms with Gasteiger partial charge in [-0.1, -0.05) is 17.4 Å². The number of nitrogens with zero attached hydrogens (tertiary/aromatic N) is 3. The monoisotopic (exact) mass is 457 g/mol. The van der Waals surface area contributed by atoms with Gasteiger partial charge in [0.05, 0.1) is 28.3 Å². The zero-order valence-electron chi connectivity index (χ0n) is 15.7. The summed E-state index contributed by atoms with van der Waals surface area (Å²) in [5, 5.41) is 2.27. The Balaban J connectivity index is 1.60. The lowest BCUT2D eigenvalue weighted by molar-refractivity contribution is -0.274. The number of hydrogen-bond donors (Lipinski definition) is 0. The van der Waals surface area contributed by atoms with Crippen LogP contribution in [-0.2, 0) is 4.74 Å². The molecule has 1 aromatic carbocycles. The molecule has 1 fully saturated rings. The number of anilines is 1. The number of halogens is 3. The van der Waals surface area contributed by atoms with Gasteiger partial charge in [-0.3, -0.25) is 14.6 Å². The third kappa shape index (κ3) is 5.09. The number of thiophene rings is 1. The fourth-order valence-electron chi connectivity index (χ4n) is 3.09. The minimum absolute atomic E-state index is 0.177. The predicted molar refractivity (Wildman–Crippen MR) is 110 cm³/mol. The minimum atomic E-state index is -4.76. The smallest absolute Gasteiger partial charge is 0.406 e. The van der Waals surface area contributed by atoms with Crippen LogP contribution in [0.25, 0.3) is 10.2 Å². The Morgan fingerprint density at radius 1 is 1.27 bits per heavy atom. The number of thiazole rings is 1. The number of rotatable bonds is 6. The first-order valence-corrected chi connectivity index (χ1v) is 10.9. The van der Waals surface area contributed by atoms with Crippen LogP contribution in [0.4, 0.5) is 18.3 Å². The summed E-state index contributed by atoms with van der Waals surface area (Å²) in [7, 11) is 0. The summed E-state index contributed by atoms with van der Waals surface area (Å²) in [6.45, 7) is 3.96. The van der Waals surface area contributed by atoms with Gasteiger partial charge in [0, 0.05) is 32.2 Å². The first kappa shape index (κ1) is 21.0. The van der Waals surface area contributed by atoms with Gasteiger partial charge in [-0.25, -0.2) is 4.98 Å². The number of morpholine rings is 1. The molecule has 0 aliphatic carbocycles. The quantitative estimate of drug-likeness (QED) is 0.554. The fourth-order valence-corrected chi connectivity index (χ4v) is 4.78. The third-order valence-corrected chi connectivity index (χ3v) is 6.43. The van der Waals surface area contributed by atoms with Crippen LogP contribution >= 0.6 is 22.7 Å². The molecule has 1 amide bonds. The molecule has 0 atom stereocenters. The van der Waals surface area contributed by atoms with Crippen LogP contribution in [0.15, 0.2) is 35.7 Å². The molecule has 2 aromatic heterocycles. The Labute approximate surface area is 178 Å². The number of amides is 1. The molecule has 30 heavy (non-hydrogen) atoms. The molecule has 1 saturated heterocycles. The summed E-state index contributed by atoms with van der Waals surface area (Å²) in [5.74, 6) is -0.487. The number of alkyl halides is 3. The normalized spacial score (nSPS) is 15.4. The van der Waals surface area contributed by atoms with E-state index >= 15 is 0 Å². The summed E-state index contributed by atoms with van der Waals surface area (Å²) >= 11 is 2.50. The maximum atomic E-state index is 13.1. The molecule has 3 heterocycles. The van der Waals surface area contributed by atoms with Crippen LogP contribution in [0.2, 0.25) is 0 Å². The van der Waals surface area contributed by atoms with Gasteiger partial charge in [-0.15, -0.1) is 24.5 Å². The molecule has 1 aliphatic heterocycles. The van der Waals surface area contributed by atoms with E-state index in [1.165, 1.54) is 40.9 Å². The van der Waals surface area contributed by atoms with Crippen molar-refractivity contribution in [3.05, 3.63) is 40.6 Å². The van der Waals surface area contributed by atoms with E-state index in [0.29, 0.717) is 46.5 Å². The molecule has 11 heteroatoms. The summed E-state index contributed by atoms with van der Waals surface area (Å²) in [6.07, 6.45) is -4.76. The van der Waals surface area contributed by atoms with Crippen molar-refractivity contribution < 1.29 is 27.4 Å². The number of aromatic nitrogens is 1. The highest BCUT2D eigenvalue weighted by Gasteiger charge is 2.31. The molecular weight excluding hydrogens is 439 g/mol. The van der Waals surface area contributed by atoms with E-state index in [1.54, 1.807) is 17.0 Å². The van der Waals surface area contributed by atoms with Gasteiger partial charge in [0.25, 0.3) is 5.91 Å². The largest absolute Gasteiger partial charge is 0.573 e. The van der Waals surface area contributed by atoms with Crippen molar-refractivity contribution in [2.24, 2.45) is 0 Å². The number of hydrogen-bond acceptors (Lipinski definition) is 7. The van der Waals surface area contributed by atoms with Gasteiger partial charge >= 0.3 is 6.36 Å². The van der Waals surface area contributed by atoms with Gasteiger partial charge in [0.15, 0.2) is 5.13 Å². The molecule has 0 unspecified atom stereocenters.